The largest absolute Gasteiger partial charge is 0.390 e. The SMILES string of the molecule is CCCCCCCCCCCCCC[C@@H](O)[C@@H](O)[C@@H](C)CO[C@H]1O[C@H](C)[C@@H](O)[C@H](O)[C@H]1O. The van der Waals surface area contributed by atoms with Crippen molar-refractivity contribution in [1.29, 1.82) is 0 Å². The van der Waals surface area contributed by atoms with Crippen LogP contribution in [0.2, 0.25) is 0 Å². The number of hydrogen-bond donors (Lipinski definition) is 5. The standard InChI is InChI=1S/C25H50O7/c1-4-5-6-7-8-9-10-11-12-13-14-15-16-20(26)21(27)18(2)17-31-25-24(30)23(29)22(28)19(3)32-25/h18-30H,4-17H2,1-3H3/t18-,19+,20+,21-,22+,23-,24+,25-/m0/s1. The van der Waals surface area contributed by atoms with Gasteiger partial charge in [-0.05, 0) is 13.3 Å². The lowest BCUT2D eigenvalue weighted by molar-refractivity contribution is -0.296. The summed E-state index contributed by atoms with van der Waals surface area (Å²) in [4.78, 5) is 0. The Kier molecular flexibility index (Phi) is 16.0. The van der Waals surface area contributed by atoms with Crippen molar-refractivity contribution in [1.82, 2.24) is 0 Å². The summed E-state index contributed by atoms with van der Waals surface area (Å²) in [6.07, 6.45) is 8.22. The molecule has 7 nitrogen and oxygen atoms in total. The monoisotopic (exact) mass is 462 g/mol. The minimum absolute atomic E-state index is 0.0634. The van der Waals surface area contributed by atoms with Crippen LogP contribution in [0.1, 0.15) is 104 Å². The van der Waals surface area contributed by atoms with Gasteiger partial charge in [-0.15, -0.1) is 0 Å². The van der Waals surface area contributed by atoms with Crippen molar-refractivity contribution < 1.29 is 35.0 Å². The fraction of sp³-hybridized carbons (Fsp3) is 1.00. The predicted molar refractivity (Wildman–Crippen MR) is 125 cm³/mol. The lowest BCUT2D eigenvalue weighted by atomic mass is 9.96. The van der Waals surface area contributed by atoms with Crippen molar-refractivity contribution in [2.75, 3.05) is 6.61 Å². The second-order valence-electron chi connectivity index (χ2n) is 9.73. The third-order valence-corrected chi connectivity index (χ3v) is 6.66. The molecule has 0 unspecified atom stereocenters. The summed E-state index contributed by atoms with van der Waals surface area (Å²) in [5.41, 5.74) is 0. The van der Waals surface area contributed by atoms with Crippen molar-refractivity contribution in [3.05, 3.63) is 0 Å². The van der Waals surface area contributed by atoms with Gasteiger partial charge in [0.15, 0.2) is 6.29 Å². The van der Waals surface area contributed by atoms with E-state index in [0.717, 1.165) is 12.8 Å². The normalized spacial score (nSPS) is 29.1. The lowest BCUT2D eigenvalue weighted by Gasteiger charge is -2.39. The molecule has 1 aliphatic heterocycles. The van der Waals surface area contributed by atoms with Gasteiger partial charge in [0.1, 0.15) is 18.3 Å². The fourth-order valence-corrected chi connectivity index (χ4v) is 4.24. The van der Waals surface area contributed by atoms with Gasteiger partial charge in [0.2, 0.25) is 0 Å². The minimum atomic E-state index is -1.36. The molecular weight excluding hydrogens is 412 g/mol. The molecule has 0 aliphatic carbocycles. The van der Waals surface area contributed by atoms with Crippen LogP contribution >= 0.6 is 0 Å². The van der Waals surface area contributed by atoms with Gasteiger partial charge < -0.3 is 35.0 Å². The molecular formula is C25H50O7. The summed E-state index contributed by atoms with van der Waals surface area (Å²) in [5.74, 6) is -0.363. The molecule has 0 aromatic carbocycles. The molecule has 0 spiro atoms. The zero-order valence-electron chi connectivity index (χ0n) is 20.6. The first kappa shape index (κ1) is 29.8. The first-order chi connectivity index (χ1) is 15.3. The van der Waals surface area contributed by atoms with E-state index < -0.39 is 42.9 Å². The highest BCUT2D eigenvalue weighted by Crippen LogP contribution is 2.23. The summed E-state index contributed by atoms with van der Waals surface area (Å²) in [6, 6.07) is 0. The van der Waals surface area contributed by atoms with Gasteiger partial charge in [0.25, 0.3) is 0 Å². The van der Waals surface area contributed by atoms with Gasteiger partial charge in [0, 0.05) is 5.92 Å². The Morgan fingerprint density at radius 3 is 1.78 bits per heavy atom. The third kappa shape index (κ3) is 11.2. The van der Waals surface area contributed by atoms with Crippen LogP contribution in [-0.2, 0) is 9.47 Å². The van der Waals surface area contributed by atoms with E-state index in [1.165, 1.54) is 64.2 Å². The van der Waals surface area contributed by atoms with Crippen LogP contribution in [0.4, 0.5) is 0 Å². The molecule has 0 bridgehead atoms. The molecule has 0 saturated carbocycles. The highest BCUT2D eigenvalue weighted by Gasteiger charge is 2.42. The topological polar surface area (TPSA) is 120 Å². The van der Waals surface area contributed by atoms with Crippen molar-refractivity contribution in [2.24, 2.45) is 5.92 Å². The molecule has 1 saturated heterocycles. The first-order valence-electron chi connectivity index (χ1n) is 13.0. The Bertz CT molecular complexity index is 450. The van der Waals surface area contributed by atoms with Crippen LogP contribution in [0, 0.1) is 5.92 Å². The van der Waals surface area contributed by atoms with E-state index in [1.54, 1.807) is 13.8 Å². The van der Waals surface area contributed by atoms with E-state index in [1.807, 2.05) is 0 Å². The smallest absolute Gasteiger partial charge is 0.186 e. The van der Waals surface area contributed by atoms with Gasteiger partial charge in [-0.3, -0.25) is 0 Å². The quantitative estimate of drug-likeness (QED) is 0.198. The number of aliphatic hydroxyl groups excluding tert-OH is 5. The lowest BCUT2D eigenvalue weighted by Crippen LogP contribution is -2.57. The summed E-state index contributed by atoms with van der Waals surface area (Å²) >= 11 is 0. The Balaban J connectivity index is 2.08. The van der Waals surface area contributed by atoms with Gasteiger partial charge in [0.05, 0.1) is 24.9 Å². The van der Waals surface area contributed by atoms with Gasteiger partial charge in [-0.2, -0.15) is 0 Å². The molecule has 1 fully saturated rings. The summed E-state index contributed by atoms with van der Waals surface area (Å²) in [6.45, 7) is 5.66. The average molecular weight is 463 g/mol. The van der Waals surface area contributed by atoms with E-state index in [-0.39, 0.29) is 12.5 Å². The highest BCUT2D eigenvalue weighted by molar-refractivity contribution is 4.87. The number of aliphatic hydroxyl groups is 5. The van der Waals surface area contributed by atoms with E-state index in [4.69, 9.17) is 9.47 Å². The molecule has 0 radical (unpaired) electrons. The molecule has 1 heterocycles. The van der Waals surface area contributed by atoms with E-state index in [9.17, 15) is 25.5 Å². The van der Waals surface area contributed by atoms with Crippen molar-refractivity contribution in [3.8, 4) is 0 Å². The molecule has 0 aromatic heterocycles. The van der Waals surface area contributed by atoms with Crippen molar-refractivity contribution in [2.45, 2.75) is 147 Å². The van der Waals surface area contributed by atoms with Crippen LogP contribution in [-0.4, -0.2) is 75.1 Å². The third-order valence-electron chi connectivity index (χ3n) is 6.66. The molecule has 32 heavy (non-hydrogen) atoms. The van der Waals surface area contributed by atoms with Crippen molar-refractivity contribution in [3.63, 3.8) is 0 Å². The zero-order valence-corrected chi connectivity index (χ0v) is 20.6. The second kappa shape index (κ2) is 17.2. The molecule has 0 amide bonds. The van der Waals surface area contributed by atoms with Crippen LogP contribution in [0.3, 0.4) is 0 Å². The van der Waals surface area contributed by atoms with Crippen molar-refractivity contribution >= 4 is 0 Å². The highest BCUT2D eigenvalue weighted by atomic mass is 16.7. The average Bonchev–Trinajstić information content (AvgIpc) is 2.78. The Morgan fingerprint density at radius 1 is 0.750 bits per heavy atom. The van der Waals surface area contributed by atoms with Gasteiger partial charge >= 0.3 is 0 Å². The predicted octanol–water partition coefficient (Wildman–Crippen LogP) is 3.28. The molecule has 1 aliphatic rings. The van der Waals surface area contributed by atoms with E-state index >= 15 is 0 Å². The summed E-state index contributed by atoms with van der Waals surface area (Å²) < 4.78 is 10.9. The summed E-state index contributed by atoms with van der Waals surface area (Å²) in [7, 11) is 0. The second-order valence-corrected chi connectivity index (χ2v) is 9.73. The Morgan fingerprint density at radius 2 is 1.25 bits per heavy atom. The maximum Gasteiger partial charge on any atom is 0.186 e. The molecule has 7 heteroatoms. The number of rotatable bonds is 18. The fourth-order valence-electron chi connectivity index (χ4n) is 4.24. The maximum atomic E-state index is 10.4. The van der Waals surface area contributed by atoms with Crippen LogP contribution in [0.25, 0.3) is 0 Å². The molecule has 8 atom stereocenters. The van der Waals surface area contributed by atoms with Gasteiger partial charge in [-0.25, -0.2) is 0 Å². The van der Waals surface area contributed by atoms with Crippen LogP contribution < -0.4 is 0 Å². The Labute approximate surface area is 195 Å². The van der Waals surface area contributed by atoms with Gasteiger partial charge in [-0.1, -0.05) is 90.9 Å². The molecule has 1 rings (SSSR count). The number of unbranched alkanes of at least 4 members (excludes halogenated alkanes) is 11. The molecule has 5 N–H and O–H groups in total. The molecule has 0 aromatic rings. The zero-order chi connectivity index (χ0) is 23.9. The van der Waals surface area contributed by atoms with E-state index in [2.05, 4.69) is 6.92 Å². The Hall–Kier alpha value is -0.280. The van der Waals surface area contributed by atoms with Crippen LogP contribution in [0.15, 0.2) is 0 Å². The van der Waals surface area contributed by atoms with E-state index in [0.29, 0.717) is 6.42 Å². The summed E-state index contributed by atoms with van der Waals surface area (Å²) in [5, 5.41) is 50.2. The van der Waals surface area contributed by atoms with Crippen LogP contribution in [0.5, 0.6) is 0 Å². The first-order valence-corrected chi connectivity index (χ1v) is 13.0. The minimum Gasteiger partial charge on any atom is -0.390 e. The molecule has 192 valence electrons. The number of hydrogen-bond acceptors (Lipinski definition) is 7. The maximum absolute atomic E-state index is 10.4. The number of ether oxygens (including phenoxy) is 2.